The third-order valence-corrected chi connectivity index (χ3v) is 16.6. The van der Waals surface area contributed by atoms with Gasteiger partial charge in [-0.05, 0) is 73.9 Å². The normalized spacial score (nSPS) is 24.5. The monoisotopic (exact) mass is 1130 g/mol. The molecule has 1 aliphatic carbocycles. The predicted molar refractivity (Wildman–Crippen MR) is 303 cm³/mol. The van der Waals surface area contributed by atoms with Gasteiger partial charge in [-0.15, -0.1) is 0 Å². The molecule has 82 heavy (non-hydrogen) atoms. The third-order valence-electron chi connectivity index (χ3n) is 16.6. The van der Waals surface area contributed by atoms with Gasteiger partial charge in [0, 0.05) is 129 Å². The topological polar surface area (TPSA) is 341 Å². The largest absolute Gasteiger partial charge is 0.506 e. The highest BCUT2D eigenvalue weighted by molar-refractivity contribution is 6.08. The Morgan fingerprint density at radius 2 is 0.976 bits per heavy atom. The first-order chi connectivity index (χ1) is 39.3. The van der Waals surface area contributed by atoms with Crippen molar-refractivity contribution in [3.8, 4) is 23.0 Å². The number of benzene rings is 4. The van der Waals surface area contributed by atoms with Gasteiger partial charge in [-0.1, -0.05) is 32.0 Å². The summed E-state index contributed by atoms with van der Waals surface area (Å²) in [4.78, 5) is 117. The number of phenolic OH excluding ortho intramolecular Hbond substituents is 4. The fourth-order valence-electron chi connectivity index (χ4n) is 11.7. The minimum Gasteiger partial charge on any atom is -0.506 e. The Hall–Kier alpha value is -8.16. The standard InChI is InChI=1S/C58H74N12O12/c1-5-36-31-68-23-17-62-52(78)39-11-6-9-37(47(39)73)50(76)60-15-21-67(22-16-61-51(77)38-10-7-12-40(48(38)74)53(79)63-18-24-68)27-28-69(33-57(3)43-29-35(32-71)46(72)44-45(43)58(57,4)66-56(44)82)25-19-64-54(80)41-13-8-14-42(49(41)75)55(81)65-20-26-70(36)34(2)30-59/h6-14,29,32,34,36,72-75H,5,15-28,30-31,33,59H2,1-4H3,(H,60,76)(H,61,77)(H,62,78)(H,63,79)(H,64,80)(H,65,81)(H,66,82)/t34?,36-,57?,58?/m1/s1. The Morgan fingerprint density at radius 3 is 1.38 bits per heavy atom. The summed E-state index contributed by atoms with van der Waals surface area (Å²) in [5.41, 5.74) is 4.82. The van der Waals surface area contributed by atoms with E-state index in [-0.39, 0.29) is 155 Å². The quantitative estimate of drug-likeness (QED) is 0.116. The maximum absolute atomic E-state index is 14.0. The molecule has 0 saturated heterocycles. The molecule has 0 saturated carbocycles. The number of aldehydes is 1. The number of amides is 7. The van der Waals surface area contributed by atoms with Gasteiger partial charge in [0.2, 0.25) is 0 Å². The van der Waals surface area contributed by atoms with Crippen LogP contribution >= 0.6 is 0 Å². The van der Waals surface area contributed by atoms with Crippen molar-refractivity contribution in [1.82, 2.24) is 56.8 Å². The number of para-hydroxylation sites is 3. The molecule has 8 bridgehead atoms. The Bertz CT molecular complexity index is 3050. The minimum atomic E-state index is -0.992. The zero-order chi connectivity index (χ0) is 59.0. The summed E-state index contributed by atoms with van der Waals surface area (Å²) in [6, 6.07) is 14.1. The molecule has 0 aromatic heterocycles. The lowest BCUT2D eigenvalue weighted by atomic mass is 9.52. The number of rotatable bonds is 6. The van der Waals surface area contributed by atoms with E-state index >= 15 is 0 Å². The number of nitrogens with two attached hydrogens (primary N) is 1. The van der Waals surface area contributed by atoms with Crippen LogP contribution in [0.3, 0.4) is 0 Å². The van der Waals surface area contributed by atoms with Crippen molar-refractivity contribution in [3.63, 3.8) is 0 Å². The van der Waals surface area contributed by atoms with E-state index in [2.05, 4.69) is 42.1 Å². The predicted octanol–water partition coefficient (Wildman–Crippen LogP) is 0.392. The van der Waals surface area contributed by atoms with Crippen LogP contribution in [0.4, 0.5) is 0 Å². The van der Waals surface area contributed by atoms with Crippen LogP contribution in [0.1, 0.15) is 128 Å². The van der Waals surface area contributed by atoms with E-state index in [1.54, 1.807) is 6.07 Å². The van der Waals surface area contributed by atoms with E-state index in [1.807, 2.05) is 42.4 Å². The molecule has 13 N–H and O–H groups in total. The minimum absolute atomic E-state index is 0.0135. The fourth-order valence-corrected chi connectivity index (χ4v) is 11.7. The van der Waals surface area contributed by atoms with Crippen LogP contribution in [-0.2, 0) is 11.0 Å². The summed E-state index contributed by atoms with van der Waals surface area (Å²) in [6.07, 6.45) is 1.09. The molecule has 7 amide bonds. The molecule has 4 aliphatic heterocycles. The molecule has 0 spiro atoms. The lowest BCUT2D eigenvalue weighted by Gasteiger charge is -2.56. The van der Waals surface area contributed by atoms with Crippen LogP contribution in [0.15, 0.2) is 60.7 Å². The first-order valence-corrected chi connectivity index (χ1v) is 27.7. The first kappa shape index (κ1) is 59.9. The summed E-state index contributed by atoms with van der Waals surface area (Å²) in [5.74, 6) is -6.35. The number of nitrogens with one attached hydrogen (secondary N) is 7. The van der Waals surface area contributed by atoms with Gasteiger partial charge in [0.1, 0.15) is 23.0 Å². The first-order valence-electron chi connectivity index (χ1n) is 27.7. The summed E-state index contributed by atoms with van der Waals surface area (Å²) < 4.78 is 0. The van der Waals surface area contributed by atoms with Gasteiger partial charge in [-0.25, -0.2) is 0 Å². The summed E-state index contributed by atoms with van der Waals surface area (Å²) in [6.45, 7) is 10.7. The third kappa shape index (κ3) is 12.2. The smallest absolute Gasteiger partial charge is 0.256 e. The molecule has 3 unspecified atom stereocenters. The second kappa shape index (κ2) is 25.7. The highest BCUT2D eigenvalue weighted by atomic mass is 16.3. The van der Waals surface area contributed by atoms with Gasteiger partial charge in [0.25, 0.3) is 41.4 Å². The maximum Gasteiger partial charge on any atom is 0.256 e. The van der Waals surface area contributed by atoms with Crippen LogP contribution in [0.2, 0.25) is 0 Å². The molecule has 0 radical (unpaired) electrons. The summed E-state index contributed by atoms with van der Waals surface area (Å²) >= 11 is 0. The number of carbonyl (C=O) groups is 8. The van der Waals surface area contributed by atoms with E-state index in [0.29, 0.717) is 36.9 Å². The fraction of sp³-hybridized carbons (Fsp3) is 0.448. The van der Waals surface area contributed by atoms with Gasteiger partial charge in [0.05, 0.1) is 50.0 Å². The van der Waals surface area contributed by atoms with Gasteiger partial charge in [-0.2, -0.15) is 0 Å². The number of phenols is 4. The number of aromatic hydroxyl groups is 4. The van der Waals surface area contributed by atoms with Gasteiger partial charge >= 0.3 is 0 Å². The SMILES string of the molecule is CC[C@@H]1CN2CCNC(=O)c3cccc(c3O)C(=O)NCCN(CCNC(=O)c3cccc(c3O)C(=O)NCC2)CCN(CC2(C)c3cc(C=O)c(O)c4c3C2(C)NC4=O)CCNC(=O)c2cccc(c2O)C(=O)NCCN1C(C)CN. The Morgan fingerprint density at radius 1 is 0.573 bits per heavy atom. The molecule has 9 rings (SSSR count). The Kier molecular flexibility index (Phi) is 18.8. The van der Waals surface area contributed by atoms with Crippen molar-refractivity contribution in [3.05, 3.63) is 116 Å². The number of fused-ring (bicyclic) bond motifs is 24. The molecule has 4 heterocycles. The lowest BCUT2D eigenvalue weighted by molar-refractivity contribution is 0.0735. The zero-order valence-corrected chi connectivity index (χ0v) is 46.7. The van der Waals surface area contributed by atoms with Crippen LogP contribution in [0.25, 0.3) is 0 Å². The molecule has 438 valence electrons. The Labute approximate surface area is 475 Å². The van der Waals surface area contributed by atoms with Crippen molar-refractivity contribution in [2.75, 3.05) is 111 Å². The van der Waals surface area contributed by atoms with Crippen LogP contribution in [-0.4, -0.2) is 211 Å². The van der Waals surface area contributed by atoms with Crippen molar-refractivity contribution < 1.29 is 58.8 Å². The molecule has 4 aromatic rings. The molecular formula is C58H74N12O12. The van der Waals surface area contributed by atoms with Crippen molar-refractivity contribution in [2.45, 2.75) is 57.2 Å². The van der Waals surface area contributed by atoms with Gasteiger partial charge in [-0.3, -0.25) is 58.0 Å². The van der Waals surface area contributed by atoms with E-state index in [4.69, 9.17) is 5.73 Å². The number of hydrogen-bond donors (Lipinski definition) is 12. The number of hydrogen-bond acceptors (Lipinski definition) is 17. The van der Waals surface area contributed by atoms with E-state index < -0.39 is 75.3 Å². The molecule has 4 aromatic carbocycles. The molecule has 5 aliphatic rings. The lowest BCUT2D eigenvalue weighted by Crippen LogP contribution is -2.65. The second-order valence-electron chi connectivity index (χ2n) is 21.6. The van der Waals surface area contributed by atoms with Gasteiger partial charge < -0.3 is 63.4 Å². The molecule has 0 fully saturated rings. The van der Waals surface area contributed by atoms with Crippen molar-refractivity contribution in [2.24, 2.45) is 5.73 Å². The highest BCUT2D eigenvalue weighted by Crippen LogP contribution is 2.60. The maximum atomic E-state index is 14.0. The highest BCUT2D eigenvalue weighted by Gasteiger charge is 2.64. The van der Waals surface area contributed by atoms with Gasteiger partial charge in [0.15, 0.2) is 6.29 Å². The van der Waals surface area contributed by atoms with Crippen LogP contribution in [0.5, 0.6) is 23.0 Å². The molecule has 4 atom stereocenters. The average molecular weight is 1130 g/mol. The molecular weight excluding hydrogens is 1060 g/mol. The number of carbonyl (C=O) groups excluding carboxylic acids is 8. The zero-order valence-electron chi connectivity index (χ0n) is 46.7. The molecule has 24 nitrogen and oxygen atoms in total. The molecule has 24 heteroatoms. The van der Waals surface area contributed by atoms with E-state index in [1.165, 1.54) is 54.6 Å². The average Bonchev–Trinajstić information content (AvgIpc) is 1.45. The van der Waals surface area contributed by atoms with E-state index in [0.717, 1.165) is 0 Å². The summed E-state index contributed by atoms with van der Waals surface area (Å²) in [5, 5.41) is 65.5. The number of nitrogens with zero attached hydrogens (tertiary/aromatic N) is 4. The van der Waals surface area contributed by atoms with Crippen molar-refractivity contribution >= 4 is 47.6 Å². The van der Waals surface area contributed by atoms with E-state index in [9.17, 15) is 58.8 Å². The van der Waals surface area contributed by atoms with Crippen LogP contribution in [0, 0.1) is 0 Å². The second-order valence-corrected chi connectivity index (χ2v) is 21.6. The summed E-state index contributed by atoms with van der Waals surface area (Å²) in [7, 11) is 0. The Balaban J connectivity index is 1.16. The van der Waals surface area contributed by atoms with Crippen molar-refractivity contribution in [1.29, 1.82) is 0 Å². The van der Waals surface area contributed by atoms with Crippen LogP contribution < -0.4 is 43.0 Å².